The van der Waals surface area contributed by atoms with Crippen LogP contribution in [0.3, 0.4) is 0 Å². The number of nitrogens with zero attached hydrogens (tertiary/aromatic N) is 1. The van der Waals surface area contributed by atoms with Gasteiger partial charge in [0.15, 0.2) is 16.6 Å². The molecule has 0 heterocycles. The van der Waals surface area contributed by atoms with E-state index in [4.69, 9.17) is 13.7 Å². The average molecular weight is 478 g/mol. The zero-order chi connectivity index (χ0) is 25.4. The second-order valence-electron chi connectivity index (χ2n) is 11.6. The molecule has 0 aromatic rings. The lowest BCUT2D eigenvalue weighted by Crippen LogP contribution is -2.43. The van der Waals surface area contributed by atoms with Gasteiger partial charge in [0, 0.05) is 26.2 Å². The van der Waals surface area contributed by atoms with Gasteiger partial charge in [-0.3, -0.25) is 14.4 Å². The Bertz CT molecular complexity index is 565. The largest absolute Gasteiger partial charge is 0.416 e. The number of ketones is 1. The van der Waals surface area contributed by atoms with Gasteiger partial charge < -0.3 is 8.85 Å². The van der Waals surface area contributed by atoms with Gasteiger partial charge in [-0.25, -0.2) is 5.06 Å². The molecule has 0 saturated heterocycles. The van der Waals surface area contributed by atoms with E-state index in [2.05, 4.69) is 67.7 Å². The van der Waals surface area contributed by atoms with Crippen LogP contribution >= 0.6 is 0 Å². The van der Waals surface area contributed by atoms with Crippen LogP contribution in [0.15, 0.2) is 0 Å². The molecule has 0 aliphatic heterocycles. The van der Waals surface area contributed by atoms with Crippen LogP contribution in [0.4, 0.5) is 0 Å². The number of rotatable bonds is 9. The Kier molecular flexibility index (Phi) is 13.3. The van der Waals surface area contributed by atoms with Crippen molar-refractivity contribution in [2.75, 3.05) is 27.4 Å². The van der Waals surface area contributed by atoms with E-state index in [1.807, 2.05) is 13.8 Å². The summed E-state index contributed by atoms with van der Waals surface area (Å²) in [7, 11) is -0.334. The highest BCUT2D eigenvalue weighted by molar-refractivity contribution is 6.74. The zero-order valence-corrected chi connectivity index (χ0v) is 25.1. The minimum Gasteiger partial charge on any atom is -0.416 e. The summed E-state index contributed by atoms with van der Waals surface area (Å²) >= 11 is 0. The quantitative estimate of drug-likeness (QED) is 0.306. The van der Waals surface area contributed by atoms with E-state index in [0.717, 1.165) is 0 Å². The van der Waals surface area contributed by atoms with Crippen LogP contribution in [0.1, 0.15) is 62.3 Å². The Labute approximate surface area is 194 Å². The third kappa shape index (κ3) is 11.8. The summed E-state index contributed by atoms with van der Waals surface area (Å²) in [4.78, 5) is 27.7. The van der Waals surface area contributed by atoms with Crippen molar-refractivity contribution in [3.05, 3.63) is 0 Å². The molecule has 0 fully saturated rings. The van der Waals surface area contributed by atoms with E-state index < -0.39 is 16.6 Å². The maximum Gasteiger partial charge on any atom is 0.250 e. The van der Waals surface area contributed by atoms with E-state index in [9.17, 15) is 9.59 Å². The molecule has 0 aromatic heterocycles. The first kappa shape index (κ1) is 32.6. The predicted octanol–water partition coefficient (Wildman–Crippen LogP) is 5.90. The molecule has 1 amide bonds. The second-order valence-corrected chi connectivity index (χ2v) is 21.2. The highest BCUT2D eigenvalue weighted by Gasteiger charge is 2.38. The molecule has 31 heavy (non-hydrogen) atoms. The highest BCUT2D eigenvalue weighted by atomic mass is 28.4. The lowest BCUT2D eigenvalue weighted by molar-refractivity contribution is -0.173. The monoisotopic (exact) mass is 477 g/mol. The van der Waals surface area contributed by atoms with Crippen LogP contribution in [0.25, 0.3) is 0 Å². The second kappa shape index (κ2) is 12.6. The summed E-state index contributed by atoms with van der Waals surface area (Å²) in [5.74, 6) is 0.0214. The molecule has 0 aliphatic carbocycles. The summed E-state index contributed by atoms with van der Waals surface area (Å²) in [6.07, 6.45) is 0. The van der Waals surface area contributed by atoms with Gasteiger partial charge in [-0.15, -0.1) is 0 Å². The molecule has 8 heteroatoms. The molecule has 0 bridgehead atoms. The normalized spacial score (nSPS) is 14.9. The van der Waals surface area contributed by atoms with Crippen molar-refractivity contribution >= 4 is 28.3 Å². The van der Waals surface area contributed by atoms with Crippen molar-refractivity contribution < 1.29 is 23.3 Å². The number of hydroxylamine groups is 2. The Morgan fingerprint density at radius 1 is 0.806 bits per heavy atom. The van der Waals surface area contributed by atoms with E-state index in [1.54, 1.807) is 14.0 Å². The number of carbonyl (C=O) groups is 2. The van der Waals surface area contributed by atoms with Crippen LogP contribution in [-0.4, -0.2) is 60.8 Å². The zero-order valence-electron chi connectivity index (χ0n) is 23.1. The fourth-order valence-electron chi connectivity index (χ4n) is 1.69. The highest BCUT2D eigenvalue weighted by Crippen LogP contribution is 2.37. The molecule has 186 valence electrons. The minimum absolute atomic E-state index is 0.0316. The number of amides is 1. The summed E-state index contributed by atoms with van der Waals surface area (Å²) in [6.45, 7) is 28.4. The van der Waals surface area contributed by atoms with Gasteiger partial charge in [-0.05, 0) is 43.2 Å². The third-order valence-corrected chi connectivity index (χ3v) is 15.7. The van der Waals surface area contributed by atoms with Gasteiger partial charge in [0.25, 0.3) is 5.91 Å². The van der Waals surface area contributed by atoms with E-state index in [-0.39, 0.29) is 33.6 Å². The molecule has 0 unspecified atom stereocenters. The molecule has 0 radical (unpaired) electrons. The summed E-state index contributed by atoms with van der Waals surface area (Å²) < 4.78 is 11.9. The van der Waals surface area contributed by atoms with Gasteiger partial charge in [0.1, 0.15) is 5.78 Å². The first-order valence-corrected chi connectivity index (χ1v) is 17.0. The van der Waals surface area contributed by atoms with Crippen molar-refractivity contribution in [3.63, 3.8) is 0 Å². The fourth-order valence-corrected chi connectivity index (χ4v) is 3.89. The molecule has 0 aliphatic rings. The van der Waals surface area contributed by atoms with Gasteiger partial charge in [0.05, 0.1) is 13.0 Å². The van der Waals surface area contributed by atoms with Gasteiger partial charge in [0.2, 0.25) is 0 Å². The molecule has 0 aromatic carbocycles. The molecular weight excluding hydrogens is 426 g/mol. The first-order valence-electron chi connectivity index (χ1n) is 11.2. The number of Topliss-reactive ketones (excluding diaryl/α,β-unsaturated/α-hetero) is 1. The SMILES string of the molecule is CC(=O)[C@@H](C)CO[Si](C)(C)C(C)(C)C.CON(C)C(=O)[C@@H](C)CO[Si](C)(C)C(C)(C)C. The van der Waals surface area contributed by atoms with Crippen LogP contribution in [0.2, 0.25) is 36.3 Å². The van der Waals surface area contributed by atoms with E-state index >= 15 is 0 Å². The van der Waals surface area contributed by atoms with E-state index in [0.29, 0.717) is 13.2 Å². The number of hydrogen-bond acceptors (Lipinski definition) is 5. The smallest absolute Gasteiger partial charge is 0.250 e. The van der Waals surface area contributed by atoms with Crippen LogP contribution in [0.5, 0.6) is 0 Å². The fraction of sp³-hybridized carbons (Fsp3) is 0.913. The Morgan fingerprint density at radius 3 is 1.39 bits per heavy atom. The van der Waals surface area contributed by atoms with Crippen molar-refractivity contribution in [1.29, 1.82) is 0 Å². The lowest BCUT2D eigenvalue weighted by Gasteiger charge is -2.37. The molecular formula is C23H51NO5Si2. The van der Waals surface area contributed by atoms with Crippen molar-refractivity contribution in [2.24, 2.45) is 11.8 Å². The van der Waals surface area contributed by atoms with Gasteiger partial charge in [-0.1, -0.05) is 55.4 Å². The molecule has 2 atom stereocenters. The molecule has 0 rings (SSSR count). The third-order valence-electron chi connectivity index (χ3n) is 6.70. The first-order chi connectivity index (χ1) is 13.6. The van der Waals surface area contributed by atoms with Crippen LogP contribution in [0, 0.1) is 11.8 Å². The van der Waals surface area contributed by atoms with Crippen LogP contribution < -0.4 is 0 Å². The topological polar surface area (TPSA) is 65.1 Å². The number of carbonyl (C=O) groups excluding carboxylic acids is 2. The molecule has 0 saturated carbocycles. The molecule has 0 N–H and O–H groups in total. The van der Waals surface area contributed by atoms with Crippen LogP contribution in [-0.2, 0) is 23.3 Å². The Hall–Kier alpha value is -0.546. The van der Waals surface area contributed by atoms with Crippen molar-refractivity contribution in [1.82, 2.24) is 5.06 Å². The average Bonchev–Trinajstić information content (AvgIpc) is 2.61. The Morgan fingerprint density at radius 2 is 1.13 bits per heavy atom. The van der Waals surface area contributed by atoms with E-state index in [1.165, 1.54) is 12.2 Å². The summed E-state index contributed by atoms with van der Waals surface area (Å²) in [5, 5.41) is 1.64. The predicted molar refractivity (Wildman–Crippen MR) is 135 cm³/mol. The minimum atomic E-state index is -1.77. The standard InChI is InChI=1S/C12H27NO3Si.C11H24O2Si/c1-10(11(14)13(5)15-6)9-16-17(7,8)12(2,3)4;1-9(10(2)12)8-13-14(6,7)11(3,4)5/h10H,9H2,1-8H3;9H,8H2,1-7H3/t10-;9-/m00/s1. The molecule has 0 spiro atoms. The number of hydrogen-bond donors (Lipinski definition) is 0. The lowest BCUT2D eigenvalue weighted by atomic mass is 10.1. The van der Waals surface area contributed by atoms with Crippen molar-refractivity contribution in [2.45, 2.75) is 98.6 Å². The van der Waals surface area contributed by atoms with Gasteiger partial charge >= 0.3 is 0 Å². The Balaban J connectivity index is 0. The summed E-state index contributed by atoms with van der Waals surface area (Å²) in [6, 6.07) is 0. The maximum absolute atomic E-state index is 11.8. The van der Waals surface area contributed by atoms with Crippen molar-refractivity contribution in [3.8, 4) is 0 Å². The van der Waals surface area contributed by atoms with Gasteiger partial charge in [-0.2, -0.15) is 0 Å². The maximum atomic E-state index is 11.8. The summed E-state index contributed by atoms with van der Waals surface area (Å²) in [5.41, 5.74) is 0. The molecule has 6 nitrogen and oxygen atoms in total.